The van der Waals surface area contributed by atoms with Crippen molar-refractivity contribution in [2.24, 2.45) is 0 Å². The Balaban J connectivity index is 0.00000378. The molecule has 0 N–H and O–H groups in total. The summed E-state index contributed by atoms with van der Waals surface area (Å²) in [7, 11) is -2.05. The van der Waals surface area contributed by atoms with Gasteiger partial charge in [0.25, 0.3) is 0 Å². The molecule has 8 aromatic rings. The van der Waals surface area contributed by atoms with Gasteiger partial charge < -0.3 is 0 Å². The van der Waals surface area contributed by atoms with Crippen molar-refractivity contribution in [1.29, 1.82) is 0 Å². The van der Waals surface area contributed by atoms with Crippen molar-refractivity contribution in [2.75, 3.05) is 0 Å². The molecule has 238 valence electrons. The van der Waals surface area contributed by atoms with Crippen molar-refractivity contribution in [3.8, 4) is 11.1 Å². The van der Waals surface area contributed by atoms with Crippen molar-refractivity contribution in [1.82, 2.24) is 0 Å². The Kier molecular flexibility index (Phi) is 10.4. The van der Waals surface area contributed by atoms with Crippen LogP contribution in [0, 0.1) is 0 Å². The van der Waals surface area contributed by atoms with Gasteiger partial charge in [0.1, 0.15) is 0 Å². The summed E-state index contributed by atoms with van der Waals surface area (Å²) in [5.41, 5.74) is 2.38. The number of fused-ring (bicyclic) bond motifs is 2. The number of hydrogen-bond donors (Lipinski definition) is 0. The Labute approximate surface area is 313 Å². The van der Waals surface area contributed by atoms with E-state index < -0.39 is 15.8 Å². The van der Waals surface area contributed by atoms with Crippen LogP contribution in [0.2, 0.25) is 10.0 Å². The molecule has 0 atom stereocenters. The maximum Gasteiger partial charge on any atom is 2.00 e. The third-order valence-electron chi connectivity index (χ3n) is 8.75. The molecule has 0 radical (unpaired) electrons. The molecule has 0 aliphatic rings. The molecule has 0 aliphatic heterocycles. The van der Waals surface area contributed by atoms with E-state index in [0.29, 0.717) is 10.0 Å². The van der Waals surface area contributed by atoms with Crippen LogP contribution in [0.1, 0.15) is 0 Å². The van der Waals surface area contributed by atoms with Crippen LogP contribution in [0.15, 0.2) is 182 Å². The molecule has 8 rings (SSSR count). The zero-order valence-electron chi connectivity index (χ0n) is 26.3. The van der Waals surface area contributed by atoms with E-state index in [1.54, 1.807) is 0 Å². The zero-order valence-corrected chi connectivity index (χ0v) is 31.1. The molecule has 0 aromatic heterocycles. The SMILES string of the molecule is Clc1c(P(c2ccccc2)c2ccccc2)c(-c2c(P(c3ccccc3)c3ccccc3)ccc3ccccc23)c2ccccc2c1Cl.[Pd+2]. The van der Waals surface area contributed by atoms with E-state index in [2.05, 4.69) is 182 Å². The minimum absolute atomic E-state index is 0. The van der Waals surface area contributed by atoms with Gasteiger partial charge in [-0.1, -0.05) is 205 Å². The fourth-order valence-corrected chi connectivity index (χ4v) is 12.4. The predicted molar refractivity (Wildman–Crippen MR) is 214 cm³/mol. The summed E-state index contributed by atoms with van der Waals surface area (Å²) >= 11 is 14.9. The van der Waals surface area contributed by atoms with Gasteiger partial charge in [-0.25, -0.2) is 0 Å². The fraction of sp³-hybridized carbons (Fsp3) is 0. The molecule has 0 unspecified atom stereocenters. The predicted octanol–water partition coefficient (Wildman–Crippen LogP) is 10.5. The summed E-state index contributed by atoms with van der Waals surface area (Å²) in [5, 5.41) is 13.1. The largest absolute Gasteiger partial charge is 2.00 e. The molecule has 0 nitrogen and oxygen atoms in total. The van der Waals surface area contributed by atoms with Gasteiger partial charge in [0.15, 0.2) is 0 Å². The van der Waals surface area contributed by atoms with Gasteiger partial charge in [-0.2, -0.15) is 0 Å². The van der Waals surface area contributed by atoms with E-state index in [1.807, 2.05) is 0 Å². The fourth-order valence-electron chi connectivity index (χ4n) is 6.67. The summed E-state index contributed by atoms with van der Waals surface area (Å²) < 4.78 is 0. The Bertz CT molecular complexity index is 2290. The average molecular weight is 798 g/mol. The van der Waals surface area contributed by atoms with Crippen molar-refractivity contribution in [2.45, 2.75) is 0 Å². The monoisotopic (exact) mass is 796 g/mol. The van der Waals surface area contributed by atoms with E-state index in [0.717, 1.165) is 21.6 Å². The van der Waals surface area contributed by atoms with Crippen LogP contribution in [-0.2, 0) is 20.4 Å². The molecule has 0 spiro atoms. The summed E-state index contributed by atoms with van der Waals surface area (Å²) in [6, 6.07) is 65.3. The Hall–Kier alpha value is -3.62. The molecule has 0 amide bonds. The van der Waals surface area contributed by atoms with Crippen LogP contribution in [0.25, 0.3) is 32.7 Å². The smallest absolute Gasteiger partial charge is 0.0820 e. The third-order valence-corrected chi connectivity index (χ3v) is 14.8. The first-order valence-corrected chi connectivity index (χ1v) is 19.4. The minimum Gasteiger partial charge on any atom is -0.0820 e. The van der Waals surface area contributed by atoms with Gasteiger partial charge >= 0.3 is 20.4 Å². The van der Waals surface area contributed by atoms with Crippen molar-refractivity contribution >= 4 is 92.4 Å². The second kappa shape index (κ2) is 15.1. The minimum atomic E-state index is -1.11. The van der Waals surface area contributed by atoms with Crippen molar-refractivity contribution < 1.29 is 20.4 Å². The molecule has 0 bridgehead atoms. The first-order valence-electron chi connectivity index (χ1n) is 15.9. The van der Waals surface area contributed by atoms with Gasteiger partial charge in [0.2, 0.25) is 0 Å². The molecule has 0 fully saturated rings. The number of rotatable bonds is 7. The van der Waals surface area contributed by atoms with E-state index in [-0.39, 0.29) is 20.4 Å². The maximum absolute atomic E-state index is 7.63. The van der Waals surface area contributed by atoms with Crippen LogP contribution < -0.4 is 31.8 Å². The molecular formula is C44H30Cl2P2Pd+2. The Morgan fingerprint density at radius 3 is 1.24 bits per heavy atom. The van der Waals surface area contributed by atoms with E-state index in [1.165, 1.54) is 42.9 Å². The van der Waals surface area contributed by atoms with Crippen LogP contribution in [-0.4, -0.2) is 0 Å². The van der Waals surface area contributed by atoms with Gasteiger partial charge in [0, 0.05) is 16.3 Å². The number of benzene rings is 8. The van der Waals surface area contributed by atoms with Gasteiger partial charge in [0.05, 0.1) is 10.0 Å². The summed E-state index contributed by atoms with van der Waals surface area (Å²) in [5.74, 6) is 0. The van der Waals surface area contributed by atoms with Gasteiger partial charge in [-0.3, -0.25) is 0 Å². The van der Waals surface area contributed by atoms with E-state index in [9.17, 15) is 0 Å². The molecule has 0 aliphatic carbocycles. The zero-order chi connectivity index (χ0) is 32.5. The number of halogens is 2. The molecule has 0 saturated carbocycles. The van der Waals surface area contributed by atoms with Gasteiger partial charge in [-0.05, 0) is 64.1 Å². The van der Waals surface area contributed by atoms with Crippen LogP contribution in [0.5, 0.6) is 0 Å². The molecule has 0 saturated heterocycles. The van der Waals surface area contributed by atoms with Crippen LogP contribution in [0.4, 0.5) is 0 Å². The number of hydrogen-bond acceptors (Lipinski definition) is 0. The Morgan fingerprint density at radius 1 is 0.327 bits per heavy atom. The molecular weight excluding hydrogens is 768 g/mol. The van der Waals surface area contributed by atoms with Crippen molar-refractivity contribution in [3.05, 3.63) is 192 Å². The van der Waals surface area contributed by atoms with Gasteiger partial charge in [-0.15, -0.1) is 0 Å². The second-order valence-electron chi connectivity index (χ2n) is 11.6. The quantitative estimate of drug-likeness (QED) is 0.111. The van der Waals surface area contributed by atoms with Crippen LogP contribution in [0.3, 0.4) is 0 Å². The first kappa shape index (κ1) is 33.9. The third kappa shape index (κ3) is 6.43. The average Bonchev–Trinajstić information content (AvgIpc) is 3.16. The van der Waals surface area contributed by atoms with E-state index >= 15 is 0 Å². The summed E-state index contributed by atoms with van der Waals surface area (Å²) in [6.45, 7) is 0. The molecule has 0 heterocycles. The second-order valence-corrected chi connectivity index (χ2v) is 16.7. The van der Waals surface area contributed by atoms with E-state index in [4.69, 9.17) is 23.2 Å². The molecule has 5 heteroatoms. The molecule has 8 aromatic carbocycles. The summed E-state index contributed by atoms with van der Waals surface area (Å²) in [6.07, 6.45) is 0. The normalized spacial score (nSPS) is 11.3. The first-order chi connectivity index (χ1) is 23.7. The standard InChI is InChI=1S/C44H30Cl2P2.Pd/c45-42-38-28-16-15-27-37(38)41(44(43(42)46)48(34-22-9-3-10-23-34)35-24-11-4-12-25-35)40-36-26-14-13-17-31(36)29-30-39(40)47(32-18-5-1-6-19-32)33-20-7-2-8-21-33;/h1-30H;/q;+2. The summed E-state index contributed by atoms with van der Waals surface area (Å²) in [4.78, 5) is 0. The van der Waals surface area contributed by atoms with Crippen molar-refractivity contribution in [3.63, 3.8) is 0 Å². The maximum atomic E-state index is 7.63. The Morgan fingerprint density at radius 2 is 0.735 bits per heavy atom. The topological polar surface area (TPSA) is 0 Å². The molecule has 49 heavy (non-hydrogen) atoms. The van der Waals surface area contributed by atoms with Crippen LogP contribution >= 0.6 is 39.0 Å².